The zero-order valence-corrected chi connectivity index (χ0v) is 15.4. The summed E-state index contributed by atoms with van der Waals surface area (Å²) < 4.78 is 0. The maximum absolute atomic E-state index is 10.7. The molecule has 0 saturated heterocycles. The molecule has 0 radical (unpaired) electrons. The highest BCUT2D eigenvalue weighted by molar-refractivity contribution is 5.23. The van der Waals surface area contributed by atoms with Gasteiger partial charge in [-0.15, -0.1) is 0 Å². The monoisotopic (exact) mass is 325 g/mol. The van der Waals surface area contributed by atoms with Gasteiger partial charge in [0.2, 0.25) is 0 Å². The van der Waals surface area contributed by atoms with E-state index in [0.29, 0.717) is 11.8 Å². The fourth-order valence-electron chi connectivity index (χ4n) is 3.83. The molecule has 0 fully saturated rings. The first-order valence-electron chi connectivity index (χ1n) is 9.04. The second-order valence-corrected chi connectivity index (χ2v) is 7.76. The van der Waals surface area contributed by atoms with Crippen molar-refractivity contribution in [3.63, 3.8) is 0 Å². The Balaban J connectivity index is 1.97. The smallest absolute Gasteiger partial charge is 0.0662 e. The topological polar surface area (TPSA) is 33.1 Å². The fraction of sp³-hybridized carbons (Fsp3) is 0.500. The number of aliphatic hydroxyl groups is 1. The summed E-state index contributed by atoms with van der Waals surface area (Å²) in [6.45, 7) is 8.45. The van der Waals surface area contributed by atoms with Gasteiger partial charge in [-0.2, -0.15) is 0 Å². The average molecular weight is 325 g/mol. The van der Waals surface area contributed by atoms with Crippen LogP contribution in [-0.4, -0.2) is 15.7 Å². The van der Waals surface area contributed by atoms with Crippen LogP contribution in [-0.2, 0) is 6.42 Å². The van der Waals surface area contributed by atoms with Crippen LogP contribution in [0.3, 0.4) is 0 Å². The lowest BCUT2D eigenvalue weighted by atomic mass is 9.74. The van der Waals surface area contributed by atoms with Gasteiger partial charge in [-0.3, -0.25) is 4.98 Å². The SMILES string of the molecule is CC(CCC(C)C(c1ccccc1)C(C)(C)O)Cc1ccncc1. The summed E-state index contributed by atoms with van der Waals surface area (Å²) in [5, 5.41) is 10.7. The predicted molar refractivity (Wildman–Crippen MR) is 101 cm³/mol. The molecule has 24 heavy (non-hydrogen) atoms. The lowest BCUT2D eigenvalue weighted by molar-refractivity contribution is 0.0277. The van der Waals surface area contributed by atoms with Crippen LogP contribution in [0.25, 0.3) is 0 Å². The first-order valence-corrected chi connectivity index (χ1v) is 9.04. The van der Waals surface area contributed by atoms with Gasteiger partial charge in [0.05, 0.1) is 5.60 Å². The molecule has 0 aliphatic heterocycles. The summed E-state index contributed by atoms with van der Waals surface area (Å²) in [5.74, 6) is 1.23. The molecule has 0 spiro atoms. The van der Waals surface area contributed by atoms with Gasteiger partial charge in [0, 0.05) is 18.3 Å². The van der Waals surface area contributed by atoms with Crippen molar-refractivity contribution < 1.29 is 5.11 Å². The Morgan fingerprint density at radius 1 is 0.958 bits per heavy atom. The van der Waals surface area contributed by atoms with Crippen LogP contribution in [0.1, 0.15) is 57.6 Å². The molecule has 1 heterocycles. The molecule has 1 N–H and O–H groups in total. The molecule has 0 aliphatic carbocycles. The Morgan fingerprint density at radius 2 is 1.58 bits per heavy atom. The quantitative estimate of drug-likeness (QED) is 0.721. The van der Waals surface area contributed by atoms with Crippen LogP contribution in [0.4, 0.5) is 0 Å². The van der Waals surface area contributed by atoms with E-state index in [-0.39, 0.29) is 5.92 Å². The molecule has 0 bridgehead atoms. The average Bonchev–Trinajstić information content (AvgIpc) is 2.54. The zero-order chi connectivity index (χ0) is 17.6. The molecule has 3 atom stereocenters. The molecule has 1 aromatic carbocycles. The third kappa shape index (κ3) is 5.45. The highest BCUT2D eigenvalue weighted by atomic mass is 16.3. The minimum Gasteiger partial charge on any atom is -0.390 e. The molecule has 2 heteroatoms. The molecule has 0 amide bonds. The van der Waals surface area contributed by atoms with Gasteiger partial charge in [-0.25, -0.2) is 0 Å². The molecule has 130 valence electrons. The number of nitrogens with zero attached hydrogens (tertiary/aromatic N) is 1. The summed E-state index contributed by atoms with van der Waals surface area (Å²) in [4.78, 5) is 4.08. The van der Waals surface area contributed by atoms with Crippen molar-refractivity contribution in [3.05, 3.63) is 66.0 Å². The van der Waals surface area contributed by atoms with E-state index in [1.165, 1.54) is 17.5 Å². The Hall–Kier alpha value is -1.67. The van der Waals surface area contributed by atoms with Crippen molar-refractivity contribution >= 4 is 0 Å². The summed E-state index contributed by atoms with van der Waals surface area (Å²) in [5.41, 5.74) is 1.88. The van der Waals surface area contributed by atoms with E-state index in [1.807, 2.05) is 32.3 Å². The summed E-state index contributed by atoms with van der Waals surface area (Å²) in [6, 6.07) is 14.6. The zero-order valence-electron chi connectivity index (χ0n) is 15.4. The maximum Gasteiger partial charge on any atom is 0.0662 e. The van der Waals surface area contributed by atoms with Crippen molar-refractivity contribution in [2.45, 2.75) is 58.5 Å². The first kappa shape index (κ1) is 18.7. The molecule has 3 unspecified atom stereocenters. The molecule has 2 rings (SSSR count). The molecule has 1 aromatic heterocycles. The highest BCUT2D eigenvalue weighted by Crippen LogP contribution is 2.37. The Morgan fingerprint density at radius 3 is 2.17 bits per heavy atom. The minimum atomic E-state index is -0.713. The lowest BCUT2D eigenvalue weighted by Gasteiger charge is -2.35. The van der Waals surface area contributed by atoms with Crippen LogP contribution in [0.15, 0.2) is 54.9 Å². The van der Waals surface area contributed by atoms with Crippen molar-refractivity contribution in [2.24, 2.45) is 11.8 Å². The summed E-state index contributed by atoms with van der Waals surface area (Å²) in [6.07, 6.45) is 7.11. The number of rotatable bonds is 8. The van der Waals surface area contributed by atoms with Gasteiger partial charge in [-0.1, -0.05) is 50.6 Å². The van der Waals surface area contributed by atoms with Crippen LogP contribution in [0.5, 0.6) is 0 Å². The number of hydrogen-bond acceptors (Lipinski definition) is 2. The Bertz CT molecular complexity index is 588. The number of pyridine rings is 1. The van der Waals surface area contributed by atoms with Crippen molar-refractivity contribution in [1.29, 1.82) is 0 Å². The van der Waals surface area contributed by atoms with Gasteiger partial charge in [0.1, 0.15) is 0 Å². The first-order chi connectivity index (χ1) is 11.4. The van der Waals surface area contributed by atoms with Gasteiger partial charge >= 0.3 is 0 Å². The van der Waals surface area contributed by atoms with Gasteiger partial charge in [0.15, 0.2) is 0 Å². The third-order valence-corrected chi connectivity index (χ3v) is 4.94. The number of benzene rings is 1. The molecular weight excluding hydrogens is 294 g/mol. The van der Waals surface area contributed by atoms with Crippen molar-refractivity contribution in [1.82, 2.24) is 4.98 Å². The van der Waals surface area contributed by atoms with Crippen LogP contribution < -0.4 is 0 Å². The van der Waals surface area contributed by atoms with Gasteiger partial charge < -0.3 is 5.11 Å². The number of hydrogen-bond donors (Lipinski definition) is 1. The molecule has 2 nitrogen and oxygen atoms in total. The van der Waals surface area contributed by atoms with Crippen LogP contribution in [0, 0.1) is 11.8 Å². The number of aromatic nitrogens is 1. The predicted octanol–water partition coefficient (Wildman–Crippen LogP) is 5.23. The molecular formula is C22H31NO. The minimum absolute atomic E-state index is 0.159. The maximum atomic E-state index is 10.7. The Labute approximate surface area is 147 Å². The summed E-state index contributed by atoms with van der Waals surface area (Å²) in [7, 11) is 0. The normalized spacial score (nSPS) is 15.7. The van der Waals surface area contributed by atoms with Crippen molar-refractivity contribution in [2.75, 3.05) is 0 Å². The lowest BCUT2D eigenvalue weighted by Crippen LogP contribution is -2.33. The highest BCUT2D eigenvalue weighted by Gasteiger charge is 2.32. The standard InChI is InChI=1S/C22H31NO/c1-17(16-19-12-14-23-15-13-19)10-11-18(2)21(22(3,4)24)20-8-6-5-7-9-20/h5-9,12-15,17-18,21,24H,10-11,16H2,1-4H3. The van der Waals surface area contributed by atoms with E-state index in [4.69, 9.17) is 0 Å². The van der Waals surface area contributed by atoms with E-state index >= 15 is 0 Å². The largest absolute Gasteiger partial charge is 0.390 e. The molecule has 0 aliphatic rings. The Kier molecular flexibility index (Phi) is 6.56. The van der Waals surface area contributed by atoms with Crippen molar-refractivity contribution in [3.8, 4) is 0 Å². The summed E-state index contributed by atoms with van der Waals surface area (Å²) >= 11 is 0. The fourth-order valence-corrected chi connectivity index (χ4v) is 3.83. The van der Waals surface area contributed by atoms with Crippen LogP contribution >= 0.6 is 0 Å². The molecule has 2 aromatic rings. The van der Waals surface area contributed by atoms with E-state index < -0.39 is 5.60 Å². The van der Waals surface area contributed by atoms with E-state index in [9.17, 15) is 5.11 Å². The second-order valence-electron chi connectivity index (χ2n) is 7.76. The molecule has 0 saturated carbocycles. The van der Waals surface area contributed by atoms with E-state index in [0.717, 1.165) is 12.8 Å². The van der Waals surface area contributed by atoms with Gasteiger partial charge in [0.25, 0.3) is 0 Å². The van der Waals surface area contributed by atoms with E-state index in [2.05, 4.69) is 55.2 Å². The van der Waals surface area contributed by atoms with E-state index in [1.54, 1.807) is 0 Å². The van der Waals surface area contributed by atoms with Crippen LogP contribution in [0.2, 0.25) is 0 Å². The third-order valence-electron chi connectivity index (χ3n) is 4.94. The van der Waals surface area contributed by atoms with Gasteiger partial charge in [-0.05, 0) is 61.8 Å². The second kappa shape index (κ2) is 8.43.